The van der Waals surface area contributed by atoms with Crippen molar-refractivity contribution >= 4 is 23.9 Å². The van der Waals surface area contributed by atoms with Crippen molar-refractivity contribution in [3.63, 3.8) is 0 Å². The van der Waals surface area contributed by atoms with E-state index in [1.807, 2.05) is 36.4 Å². The molecule has 10 heteroatoms. The molecular formula is C39H52N2O8. The van der Waals surface area contributed by atoms with Crippen LogP contribution in [0.3, 0.4) is 0 Å². The molecule has 0 spiro atoms. The predicted molar refractivity (Wildman–Crippen MR) is 188 cm³/mol. The average Bonchev–Trinajstić information content (AvgIpc) is 3.47. The molecule has 2 aliphatic rings. The van der Waals surface area contributed by atoms with E-state index in [9.17, 15) is 19.5 Å². The number of allylic oxidation sites excluding steroid dienone is 1. The Kier molecular flexibility index (Phi) is 14.9. The number of aliphatic hydroxyl groups excluding tert-OH is 1. The number of phenolic OH excluding ortho intramolecular Hbond substituents is 1. The summed E-state index contributed by atoms with van der Waals surface area (Å²) >= 11 is 0. The molecule has 1 aliphatic heterocycles. The number of nitrogens with one attached hydrogen (secondary N) is 2. The van der Waals surface area contributed by atoms with E-state index in [2.05, 4.69) is 24.5 Å². The minimum atomic E-state index is -0.832. The lowest BCUT2D eigenvalue weighted by Gasteiger charge is -2.31. The van der Waals surface area contributed by atoms with Crippen LogP contribution in [-0.4, -0.2) is 71.8 Å². The fourth-order valence-electron chi connectivity index (χ4n) is 6.31. The van der Waals surface area contributed by atoms with Crippen LogP contribution in [0.5, 0.6) is 5.75 Å². The van der Waals surface area contributed by atoms with Crippen LogP contribution in [0.4, 0.5) is 0 Å². The van der Waals surface area contributed by atoms with E-state index in [1.165, 1.54) is 0 Å². The maximum atomic E-state index is 13.8. The first-order valence-corrected chi connectivity index (χ1v) is 17.7. The number of rotatable bonds is 19. The zero-order valence-electron chi connectivity index (χ0n) is 28.8. The highest BCUT2D eigenvalue weighted by molar-refractivity contribution is 5.95. The largest absolute Gasteiger partial charge is 0.508 e. The number of hydrogen-bond acceptors (Lipinski definition) is 8. The minimum Gasteiger partial charge on any atom is -0.508 e. The molecule has 0 unspecified atom stereocenters. The molecule has 266 valence electrons. The van der Waals surface area contributed by atoms with Gasteiger partial charge in [-0.15, -0.1) is 0 Å². The van der Waals surface area contributed by atoms with Crippen LogP contribution in [0, 0.1) is 0 Å². The van der Waals surface area contributed by atoms with E-state index in [1.54, 1.807) is 30.3 Å². The summed E-state index contributed by atoms with van der Waals surface area (Å²) in [7, 11) is 0. The summed E-state index contributed by atoms with van der Waals surface area (Å²) in [6, 6.07) is 14.3. The van der Waals surface area contributed by atoms with Gasteiger partial charge in [-0.25, -0.2) is 4.79 Å². The smallest absolute Gasteiger partial charge is 0.339 e. The fourth-order valence-corrected chi connectivity index (χ4v) is 6.31. The lowest BCUT2D eigenvalue weighted by atomic mass is 9.91. The van der Waals surface area contributed by atoms with Crippen molar-refractivity contribution in [2.24, 2.45) is 0 Å². The molecule has 4 N–H and O–H groups in total. The third-order valence-corrected chi connectivity index (χ3v) is 8.93. The molecule has 1 heterocycles. The molecule has 1 aliphatic carbocycles. The molecule has 2 amide bonds. The second kappa shape index (κ2) is 19.3. The summed E-state index contributed by atoms with van der Waals surface area (Å²) in [6.07, 6.45) is 11.7. The minimum absolute atomic E-state index is 0.0647. The van der Waals surface area contributed by atoms with Crippen molar-refractivity contribution in [1.29, 1.82) is 0 Å². The molecule has 2 aromatic carbocycles. The number of aliphatic hydroxyl groups is 1. The lowest BCUT2D eigenvalue weighted by Crippen LogP contribution is -2.44. The number of carbonyl (C=O) groups is 3. The number of carbonyl (C=O) groups excluding carboxylic acids is 3. The monoisotopic (exact) mass is 676 g/mol. The van der Waals surface area contributed by atoms with Gasteiger partial charge in [0.25, 0.3) is 0 Å². The summed E-state index contributed by atoms with van der Waals surface area (Å²) in [5.74, 6) is -1.79. The Bertz CT molecular complexity index is 1440. The van der Waals surface area contributed by atoms with Gasteiger partial charge < -0.3 is 35.1 Å². The molecule has 0 aromatic heterocycles. The summed E-state index contributed by atoms with van der Waals surface area (Å²) in [6.45, 7) is 4.41. The van der Waals surface area contributed by atoms with Crippen LogP contribution in [0.25, 0.3) is 6.08 Å². The average molecular weight is 677 g/mol. The normalized spacial score (nSPS) is 19.7. The highest BCUT2D eigenvalue weighted by Gasteiger charge is 2.52. The van der Waals surface area contributed by atoms with Crippen molar-refractivity contribution in [3.8, 4) is 5.75 Å². The molecule has 0 saturated carbocycles. The third kappa shape index (κ3) is 11.0. The van der Waals surface area contributed by atoms with E-state index >= 15 is 0 Å². The number of hydrogen-bond donors (Lipinski definition) is 4. The van der Waals surface area contributed by atoms with Crippen molar-refractivity contribution in [3.05, 3.63) is 82.9 Å². The second-order valence-electron chi connectivity index (χ2n) is 12.7. The van der Waals surface area contributed by atoms with Gasteiger partial charge in [-0.2, -0.15) is 0 Å². The van der Waals surface area contributed by atoms with Crippen molar-refractivity contribution in [2.45, 2.75) is 109 Å². The molecule has 0 bridgehead atoms. The van der Waals surface area contributed by atoms with Crippen LogP contribution in [0.2, 0.25) is 0 Å². The molecule has 0 radical (unpaired) electrons. The lowest BCUT2D eigenvalue weighted by molar-refractivity contribution is -0.190. The standard InChI is InChI=1S/C39H52N2O8/c1-3-5-11-21-39(22-12-6-4-2)48-34-27-30(37(45)41-23-20-35(44)40-24-25-42)26-33(36(34)49-39)47-38(46)31-18-9-7-14-28(31)16-13-17-29-15-8-10-19-32(29)43/h7-10,13-16,18-19,27,33-34,36,42-43H,3-6,11-12,17,20-26H2,1-2H3,(H,40,44)(H,41,45)/t33-,34-,36+/m1/s1. The number of fused-ring (bicyclic) bond motifs is 1. The van der Waals surface area contributed by atoms with Crippen LogP contribution < -0.4 is 10.6 Å². The number of amides is 2. The van der Waals surface area contributed by atoms with E-state index in [-0.39, 0.29) is 50.1 Å². The van der Waals surface area contributed by atoms with E-state index in [0.717, 1.165) is 44.1 Å². The Balaban J connectivity index is 1.54. The van der Waals surface area contributed by atoms with Gasteiger partial charge in [-0.05, 0) is 48.6 Å². The second-order valence-corrected chi connectivity index (χ2v) is 12.7. The van der Waals surface area contributed by atoms with E-state index in [0.29, 0.717) is 36.0 Å². The first-order valence-electron chi connectivity index (χ1n) is 17.7. The van der Waals surface area contributed by atoms with Gasteiger partial charge in [-0.1, -0.05) is 88.1 Å². The van der Waals surface area contributed by atoms with Gasteiger partial charge >= 0.3 is 5.97 Å². The molecule has 1 saturated heterocycles. The van der Waals surface area contributed by atoms with Crippen molar-refractivity contribution in [2.75, 3.05) is 19.7 Å². The Morgan fingerprint density at radius 2 is 1.65 bits per heavy atom. The van der Waals surface area contributed by atoms with Crippen LogP contribution in [-0.2, 0) is 30.2 Å². The summed E-state index contributed by atoms with van der Waals surface area (Å²) in [4.78, 5) is 39.2. The summed E-state index contributed by atoms with van der Waals surface area (Å²) in [5, 5.41) is 24.5. The Hall–Kier alpha value is -3.99. The number of ether oxygens (including phenoxy) is 3. The molecular weight excluding hydrogens is 624 g/mol. The van der Waals surface area contributed by atoms with Gasteiger partial charge in [0.2, 0.25) is 11.8 Å². The van der Waals surface area contributed by atoms with Gasteiger partial charge in [0.15, 0.2) is 5.79 Å². The number of benzene rings is 2. The molecule has 10 nitrogen and oxygen atoms in total. The first kappa shape index (κ1) is 37.8. The van der Waals surface area contributed by atoms with Crippen LogP contribution >= 0.6 is 0 Å². The number of esters is 1. The highest BCUT2D eigenvalue weighted by atomic mass is 16.8. The third-order valence-electron chi connectivity index (χ3n) is 8.93. The summed E-state index contributed by atoms with van der Waals surface area (Å²) in [5.41, 5.74) is 2.22. The molecule has 1 fully saturated rings. The number of unbranched alkanes of at least 4 members (excludes halogenated alkanes) is 4. The van der Waals surface area contributed by atoms with Crippen LogP contribution in [0.15, 0.2) is 66.3 Å². The van der Waals surface area contributed by atoms with Gasteiger partial charge in [0, 0.05) is 44.3 Å². The molecule has 3 atom stereocenters. The van der Waals surface area contributed by atoms with Gasteiger partial charge in [0.1, 0.15) is 24.1 Å². The van der Waals surface area contributed by atoms with Gasteiger partial charge in [-0.3, -0.25) is 9.59 Å². The number of para-hydroxylation sites is 1. The van der Waals surface area contributed by atoms with Crippen molar-refractivity contribution in [1.82, 2.24) is 10.6 Å². The zero-order chi connectivity index (χ0) is 35.1. The fraction of sp³-hybridized carbons (Fsp3) is 0.513. The van der Waals surface area contributed by atoms with E-state index in [4.69, 9.17) is 19.3 Å². The maximum Gasteiger partial charge on any atom is 0.339 e. The Morgan fingerprint density at radius 3 is 2.37 bits per heavy atom. The topological polar surface area (TPSA) is 143 Å². The molecule has 49 heavy (non-hydrogen) atoms. The summed E-state index contributed by atoms with van der Waals surface area (Å²) < 4.78 is 19.6. The zero-order valence-corrected chi connectivity index (χ0v) is 28.8. The Morgan fingerprint density at radius 1 is 0.939 bits per heavy atom. The highest BCUT2D eigenvalue weighted by Crippen LogP contribution is 2.43. The van der Waals surface area contributed by atoms with Crippen LogP contribution in [0.1, 0.15) is 99.5 Å². The molecule has 2 aromatic rings. The SMILES string of the molecule is CCCCCC1(CCCCC)O[C@@H]2[C@@H](C=C(C(=O)NCCC(=O)NCCO)C[C@H]2OC(=O)c2ccccc2C=CCc2ccccc2O)O1. The molecule has 4 rings (SSSR count). The first-order chi connectivity index (χ1) is 23.8. The quantitative estimate of drug-likeness (QED) is 0.109. The number of phenols is 1. The van der Waals surface area contributed by atoms with Crippen molar-refractivity contribution < 1.29 is 38.8 Å². The van der Waals surface area contributed by atoms with Gasteiger partial charge in [0.05, 0.1) is 12.2 Å². The number of aromatic hydroxyl groups is 1. The predicted octanol–water partition coefficient (Wildman–Crippen LogP) is 5.76. The van der Waals surface area contributed by atoms with E-state index < -0.39 is 30.1 Å². The maximum absolute atomic E-state index is 13.8. The Labute approximate surface area is 289 Å².